The van der Waals surface area contributed by atoms with Crippen LogP contribution in [-0.4, -0.2) is 52.7 Å². The highest BCUT2D eigenvalue weighted by Gasteiger charge is 2.36. The Bertz CT molecular complexity index is 947. The van der Waals surface area contributed by atoms with Gasteiger partial charge in [0.15, 0.2) is 12.1 Å². The quantitative estimate of drug-likeness (QED) is 0.357. The Morgan fingerprint density at radius 2 is 2.18 bits per heavy atom. The van der Waals surface area contributed by atoms with Crippen LogP contribution in [0.15, 0.2) is 41.7 Å². The van der Waals surface area contributed by atoms with E-state index in [0.29, 0.717) is 11.3 Å². The lowest BCUT2D eigenvalue weighted by atomic mass is 10.1. The normalized spacial score (nSPS) is 16.8. The fourth-order valence-corrected chi connectivity index (χ4v) is 2.73. The molecule has 0 radical (unpaired) electrons. The van der Waals surface area contributed by atoms with Crippen LogP contribution in [0.3, 0.4) is 0 Å². The van der Waals surface area contributed by atoms with Crippen molar-refractivity contribution in [3.05, 3.63) is 48.0 Å². The predicted octanol–water partition coefficient (Wildman–Crippen LogP) is 1.74. The molecule has 3 rings (SSSR count). The third-order valence-electron chi connectivity index (χ3n) is 4.43. The van der Waals surface area contributed by atoms with Gasteiger partial charge in [-0.05, 0) is 24.3 Å². The zero-order valence-corrected chi connectivity index (χ0v) is 15.2. The van der Waals surface area contributed by atoms with Crippen LogP contribution in [-0.2, 0) is 9.53 Å². The van der Waals surface area contributed by atoms with E-state index in [0.717, 1.165) is 0 Å². The minimum atomic E-state index is -0.733. The number of hydrogen-bond donors (Lipinski definition) is 2. The first-order chi connectivity index (χ1) is 13.3. The second kappa shape index (κ2) is 7.51. The van der Waals surface area contributed by atoms with Gasteiger partial charge < -0.3 is 20.6 Å². The fourth-order valence-electron chi connectivity index (χ4n) is 2.73. The Balaban J connectivity index is 1.83. The number of nitrogens with zero attached hydrogens (tertiary/aromatic N) is 4. The molecule has 1 saturated heterocycles. The second-order valence-corrected chi connectivity index (χ2v) is 6.16. The van der Waals surface area contributed by atoms with Crippen LogP contribution >= 0.6 is 0 Å². The first-order valence-corrected chi connectivity index (χ1v) is 8.27. The average molecular weight is 387 g/mol. The van der Waals surface area contributed by atoms with E-state index in [-0.39, 0.29) is 29.5 Å². The second-order valence-electron chi connectivity index (χ2n) is 6.16. The van der Waals surface area contributed by atoms with Crippen LogP contribution in [0.4, 0.5) is 14.9 Å². The molecular formula is C18H18FN5O4. The number of carbonyl (C=O) groups excluding carboxylic acids is 2. The number of pyridine rings is 1. The molecule has 1 aliphatic rings. The topological polar surface area (TPSA) is 121 Å². The molecule has 2 amide bonds. The summed E-state index contributed by atoms with van der Waals surface area (Å²) in [5.41, 5.74) is 6.78. The van der Waals surface area contributed by atoms with Crippen molar-refractivity contribution in [1.29, 1.82) is 0 Å². The number of likely N-dealkylation sites (N-methyl/N-ethyl adjacent to an activating group) is 1. The van der Waals surface area contributed by atoms with Crippen molar-refractivity contribution in [3.8, 4) is 11.1 Å². The molecule has 1 aromatic carbocycles. The molecule has 10 heteroatoms. The number of hydrogen-bond acceptors (Lipinski definition) is 6. The Hall–Kier alpha value is -3.69. The number of oxime groups is 1. The molecule has 0 aliphatic carbocycles. The van der Waals surface area contributed by atoms with Gasteiger partial charge in [0.05, 0.1) is 12.2 Å². The maximum absolute atomic E-state index is 14.7. The first-order valence-electron chi connectivity index (χ1n) is 8.27. The third-order valence-corrected chi connectivity index (χ3v) is 4.43. The lowest BCUT2D eigenvalue weighted by molar-refractivity contribution is -0.134. The Morgan fingerprint density at radius 3 is 2.75 bits per heavy atom. The lowest BCUT2D eigenvalue weighted by Gasteiger charge is -2.20. The lowest BCUT2D eigenvalue weighted by Crippen LogP contribution is -2.38. The highest BCUT2D eigenvalue weighted by atomic mass is 19.1. The molecule has 0 bridgehead atoms. The highest BCUT2D eigenvalue weighted by molar-refractivity contribution is 5.95. The van der Waals surface area contributed by atoms with Crippen molar-refractivity contribution >= 4 is 23.5 Å². The summed E-state index contributed by atoms with van der Waals surface area (Å²) in [4.78, 5) is 30.1. The average Bonchev–Trinajstić information content (AvgIpc) is 3.08. The maximum atomic E-state index is 14.7. The monoisotopic (exact) mass is 387 g/mol. The van der Waals surface area contributed by atoms with Gasteiger partial charge in [0, 0.05) is 31.3 Å². The number of amides is 2. The summed E-state index contributed by atoms with van der Waals surface area (Å²) in [5.74, 6) is -0.962. The summed E-state index contributed by atoms with van der Waals surface area (Å²) in [6, 6.07) is 7.38. The van der Waals surface area contributed by atoms with Crippen molar-refractivity contribution in [3.63, 3.8) is 0 Å². The number of amidine groups is 1. The van der Waals surface area contributed by atoms with Crippen LogP contribution < -0.4 is 10.6 Å². The summed E-state index contributed by atoms with van der Waals surface area (Å²) in [6.45, 7) is 1.47. The molecule has 1 fully saturated rings. The van der Waals surface area contributed by atoms with Crippen LogP contribution in [0.25, 0.3) is 11.1 Å². The number of carbonyl (C=O) groups is 2. The number of aromatic nitrogens is 1. The number of rotatable bonds is 4. The zero-order valence-electron chi connectivity index (χ0n) is 15.2. The standard InChI is InChI=1S/C18H18FN5O4/c1-10(25)23(2)16-9-24(18(26)28-16)12-4-5-13(14(19)7-12)11-3-6-15(21-8-11)17(20)22-27/h3-8,16,27H,9H2,1-2H3,(H2,20,22)/t16-/m0/s1. The van der Waals surface area contributed by atoms with Crippen molar-refractivity contribution < 1.29 is 23.9 Å². The Kier molecular flexibility index (Phi) is 5.12. The minimum Gasteiger partial charge on any atom is -0.423 e. The number of ether oxygens (including phenoxy) is 1. The molecule has 28 heavy (non-hydrogen) atoms. The van der Waals surface area contributed by atoms with Gasteiger partial charge in [-0.1, -0.05) is 11.2 Å². The Labute approximate surface area is 159 Å². The maximum Gasteiger partial charge on any atom is 0.416 e. The first kappa shape index (κ1) is 19.1. The van der Waals surface area contributed by atoms with Gasteiger partial charge in [0.2, 0.25) is 5.91 Å². The van der Waals surface area contributed by atoms with Crippen molar-refractivity contribution in [2.24, 2.45) is 10.9 Å². The van der Waals surface area contributed by atoms with E-state index in [1.165, 1.54) is 48.2 Å². The smallest absolute Gasteiger partial charge is 0.416 e. The zero-order chi connectivity index (χ0) is 20.4. The van der Waals surface area contributed by atoms with Crippen LogP contribution in [0.5, 0.6) is 0 Å². The third kappa shape index (κ3) is 3.56. The largest absolute Gasteiger partial charge is 0.423 e. The summed E-state index contributed by atoms with van der Waals surface area (Å²) in [5, 5.41) is 11.5. The molecule has 1 aliphatic heterocycles. The number of benzene rings is 1. The number of nitrogens with two attached hydrogens (primary N) is 1. The molecule has 2 aromatic rings. The highest BCUT2D eigenvalue weighted by Crippen LogP contribution is 2.29. The fraction of sp³-hybridized carbons (Fsp3) is 0.222. The summed E-state index contributed by atoms with van der Waals surface area (Å²) < 4.78 is 19.8. The minimum absolute atomic E-state index is 0.101. The van der Waals surface area contributed by atoms with E-state index in [4.69, 9.17) is 15.7 Å². The SMILES string of the molecule is CC(=O)N(C)[C@@H]1CN(c2ccc(-c3ccc(C(N)=NO)nc3)c(F)c2)C(=O)O1. The summed E-state index contributed by atoms with van der Waals surface area (Å²) in [7, 11) is 1.53. The molecule has 0 unspecified atom stereocenters. The van der Waals surface area contributed by atoms with Crippen molar-refractivity contribution in [2.75, 3.05) is 18.5 Å². The molecule has 0 spiro atoms. The molecule has 1 atom stereocenters. The van der Waals surface area contributed by atoms with Gasteiger partial charge in [-0.3, -0.25) is 14.7 Å². The number of halogens is 1. The van der Waals surface area contributed by atoms with E-state index in [9.17, 15) is 14.0 Å². The molecule has 3 N–H and O–H groups in total. The van der Waals surface area contributed by atoms with Gasteiger partial charge in [-0.25, -0.2) is 9.18 Å². The van der Waals surface area contributed by atoms with Crippen molar-refractivity contribution in [2.45, 2.75) is 13.2 Å². The van der Waals surface area contributed by atoms with E-state index >= 15 is 0 Å². The molecule has 2 heterocycles. The van der Waals surface area contributed by atoms with E-state index < -0.39 is 18.1 Å². The summed E-state index contributed by atoms with van der Waals surface area (Å²) >= 11 is 0. The number of cyclic esters (lactones) is 1. The van der Waals surface area contributed by atoms with Crippen molar-refractivity contribution in [1.82, 2.24) is 9.88 Å². The molecule has 1 aromatic heterocycles. The van der Waals surface area contributed by atoms with Gasteiger partial charge in [-0.2, -0.15) is 0 Å². The van der Waals surface area contributed by atoms with Crippen LogP contribution in [0, 0.1) is 5.82 Å². The number of anilines is 1. The van der Waals surface area contributed by atoms with Crippen LogP contribution in [0.2, 0.25) is 0 Å². The van der Waals surface area contributed by atoms with Gasteiger partial charge in [0.1, 0.15) is 11.5 Å². The van der Waals surface area contributed by atoms with E-state index in [1.807, 2.05) is 0 Å². The van der Waals surface area contributed by atoms with Gasteiger partial charge >= 0.3 is 6.09 Å². The molecule has 9 nitrogen and oxygen atoms in total. The molecular weight excluding hydrogens is 369 g/mol. The van der Waals surface area contributed by atoms with Gasteiger partial charge in [-0.15, -0.1) is 0 Å². The summed E-state index contributed by atoms with van der Waals surface area (Å²) in [6.07, 6.45) is 0.00567. The van der Waals surface area contributed by atoms with E-state index in [2.05, 4.69) is 10.1 Å². The Morgan fingerprint density at radius 1 is 1.43 bits per heavy atom. The predicted molar refractivity (Wildman–Crippen MR) is 98.2 cm³/mol. The van der Waals surface area contributed by atoms with Crippen LogP contribution in [0.1, 0.15) is 12.6 Å². The van der Waals surface area contributed by atoms with E-state index in [1.54, 1.807) is 12.1 Å². The molecule has 0 saturated carbocycles. The van der Waals surface area contributed by atoms with Gasteiger partial charge in [0.25, 0.3) is 0 Å². The molecule has 146 valence electrons.